The topological polar surface area (TPSA) is 25.5 Å². The molecular weight excluding hydrogens is 366 g/mol. The molecule has 0 bridgehead atoms. The van der Waals surface area contributed by atoms with Gasteiger partial charge in [0.05, 0.1) is 11.0 Å². The van der Waals surface area contributed by atoms with Crippen molar-refractivity contribution >= 4 is 16.7 Å². The fourth-order valence-corrected chi connectivity index (χ4v) is 4.02. The highest BCUT2D eigenvalue weighted by Crippen LogP contribution is 2.27. The average molecular weight is 396 g/mol. The Kier molecular flexibility index (Phi) is 5.34. The third-order valence-electron chi connectivity index (χ3n) is 5.63. The van der Waals surface area contributed by atoms with Crippen molar-refractivity contribution in [2.45, 2.75) is 47.5 Å². The van der Waals surface area contributed by atoms with E-state index in [0.29, 0.717) is 5.92 Å². The quantitative estimate of drug-likeness (QED) is 0.349. The summed E-state index contributed by atoms with van der Waals surface area (Å²) in [6, 6.07) is 21.4. The Morgan fingerprint density at radius 2 is 1.40 bits per heavy atom. The van der Waals surface area contributed by atoms with Crippen molar-refractivity contribution in [2.75, 3.05) is 0 Å². The highest BCUT2D eigenvalue weighted by Gasteiger charge is 2.09. The molecule has 0 aliphatic rings. The molecule has 3 aromatic carbocycles. The molecule has 0 aliphatic heterocycles. The molecule has 1 heterocycles. The van der Waals surface area contributed by atoms with Crippen LogP contribution in [0.2, 0.25) is 0 Å². The van der Waals surface area contributed by atoms with E-state index < -0.39 is 0 Å². The van der Waals surface area contributed by atoms with Crippen LogP contribution < -0.4 is 5.36 Å². The Labute approximate surface area is 178 Å². The van der Waals surface area contributed by atoms with Crippen LogP contribution in [0.15, 0.2) is 70.1 Å². The molecule has 30 heavy (non-hydrogen) atoms. The predicted molar refractivity (Wildman–Crippen MR) is 126 cm³/mol. The number of hydrogen-bond acceptors (Lipinski definition) is 2. The van der Waals surface area contributed by atoms with E-state index in [1.807, 2.05) is 6.07 Å². The van der Waals surface area contributed by atoms with E-state index in [0.717, 1.165) is 33.3 Å². The number of benzene rings is 3. The van der Waals surface area contributed by atoms with E-state index >= 15 is 0 Å². The van der Waals surface area contributed by atoms with Crippen LogP contribution in [0.1, 0.15) is 47.6 Å². The van der Waals surface area contributed by atoms with Crippen LogP contribution in [0.5, 0.6) is 0 Å². The minimum atomic E-state index is 0.508. The monoisotopic (exact) mass is 395 g/mol. The van der Waals surface area contributed by atoms with Crippen LogP contribution in [-0.4, -0.2) is 0 Å². The molecule has 1 aromatic heterocycles. The maximum Gasteiger partial charge on any atom is 0.136 e. The first-order valence-electron chi connectivity index (χ1n) is 10.6. The molecule has 0 unspecified atom stereocenters. The molecule has 0 saturated carbocycles. The summed E-state index contributed by atoms with van der Waals surface area (Å²) in [4.78, 5) is 5.12. The number of aryl methyl sites for hydroxylation is 4. The number of rotatable bonds is 3. The van der Waals surface area contributed by atoms with Gasteiger partial charge in [0.2, 0.25) is 0 Å². The zero-order valence-electron chi connectivity index (χ0n) is 18.7. The first kappa shape index (κ1) is 20.2. The van der Waals surface area contributed by atoms with Gasteiger partial charge >= 0.3 is 0 Å². The summed E-state index contributed by atoms with van der Waals surface area (Å²) >= 11 is 0. The van der Waals surface area contributed by atoms with E-state index in [1.54, 1.807) is 0 Å². The summed E-state index contributed by atoms with van der Waals surface area (Å²) in [5, 5.41) is 1.98. The lowest BCUT2D eigenvalue weighted by molar-refractivity contribution is 0.618. The minimum absolute atomic E-state index is 0.508. The van der Waals surface area contributed by atoms with Crippen molar-refractivity contribution in [1.82, 2.24) is 0 Å². The summed E-state index contributed by atoms with van der Waals surface area (Å²) in [7, 11) is 0. The van der Waals surface area contributed by atoms with Gasteiger partial charge in [-0.05, 0) is 62.4 Å². The van der Waals surface area contributed by atoms with Crippen molar-refractivity contribution < 1.29 is 4.42 Å². The number of fused-ring (bicyclic) bond motifs is 1. The molecule has 0 N–H and O–H groups in total. The normalized spacial score (nSPS) is 12.2. The Morgan fingerprint density at radius 3 is 2.03 bits per heavy atom. The van der Waals surface area contributed by atoms with Crippen molar-refractivity contribution in [2.24, 2.45) is 4.99 Å². The average Bonchev–Trinajstić information content (AvgIpc) is 2.70. The van der Waals surface area contributed by atoms with E-state index in [4.69, 9.17) is 9.41 Å². The van der Waals surface area contributed by atoms with Gasteiger partial charge in [0.15, 0.2) is 0 Å². The van der Waals surface area contributed by atoms with E-state index in [1.165, 1.54) is 27.8 Å². The maximum atomic E-state index is 6.30. The van der Waals surface area contributed by atoms with Gasteiger partial charge in [-0.3, -0.25) is 0 Å². The summed E-state index contributed by atoms with van der Waals surface area (Å²) < 4.78 is 6.30. The third kappa shape index (κ3) is 3.95. The summed E-state index contributed by atoms with van der Waals surface area (Å²) in [5.74, 6) is 1.34. The molecule has 0 spiro atoms. The van der Waals surface area contributed by atoms with Crippen molar-refractivity contribution in [3.63, 3.8) is 0 Å². The second kappa shape index (κ2) is 7.95. The Balaban J connectivity index is 1.97. The smallest absolute Gasteiger partial charge is 0.136 e. The van der Waals surface area contributed by atoms with E-state index in [2.05, 4.69) is 96.1 Å². The van der Waals surface area contributed by atoms with Gasteiger partial charge in [-0.15, -0.1) is 0 Å². The largest absolute Gasteiger partial charge is 0.456 e. The molecule has 0 amide bonds. The third-order valence-corrected chi connectivity index (χ3v) is 5.63. The van der Waals surface area contributed by atoms with E-state index in [-0.39, 0.29) is 0 Å². The lowest BCUT2D eigenvalue weighted by atomic mass is 10.0. The Bertz CT molecular complexity index is 1270. The molecule has 0 atom stereocenters. The summed E-state index contributed by atoms with van der Waals surface area (Å²) in [5.41, 5.74) is 9.12. The minimum Gasteiger partial charge on any atom is -0.456 e. The van der Waals surface area contributed by atoms with E-state index in [9.17, 15) is 0 Å². The van der Waals surface area contributed by atoms with Crippen LogP contribution >= 0.6 is 0 Å². The van der Waals surface area contributed by atoms with Crippen LogP contribution in [0.4, 0.5) is 5.69 Å². The maximum absolute atomic E-state index is 6.30. The number of nitrogens with zero attached hydrogens (tertiary/aromatic N) is 1. The molecule has 4 aromatic rings. The fourth-order valence-electron chi connectivity index (χ4n) is 4.02. The zero-order chi connectivity index (χ0) is 21.4. The Morgan fingerprint density at radius 1 is 0.733 bits per heavy atom. The van der Waals surface area contributed by atoms with Crippen LogP contribution in [-0.2, 0) is 0 Å². The van der Waals surface area contributed by atoms with Crippen molar-refractivity contribution in [1.29, 1.82) is 0 Å². The second-order valence-electron chi connectivity index (χ2n) is 8.63. The van der Waals surface area contributed by atoms with Gasteiger partial charge in [0.25, 0.3) is 0 Å². The molecule has 2 heteroatoms. The van der Waals surface area contributed by atoms with Crippen LogP contribution in [0.3, 0.4) is 0 Å². The molecule has 0 saturated heterocycles. The first-order valence-corrected chi connectivity index (χ1v) is 10.6. The van der Waals surface area contributed by atoms with Gasteiger partial charge in [-0.25, -0.2) is 4.99 Å². The number of hydrogen-bond donors (Lipinski definition) is 0. The lowest BCUT2D eigenvalue weighted by Crippen LogP contribution is -2.04. The molecule has 152 valence electrons. The summed E-state index contributed by atoms with van der Waals surface area (Å²) in [6.07, 6.45) is 0. The highest BCUT2D eigenvalue weighted by molar-refractivity contribution is 5.79. The van der Waals surface area contributed by atoms with Gasteiger partial charge in [0, 0.05) is 17.0 Å². The molecular formula is C28H29NO. The second-order valence-corrected chi connectivity index (χ2v) is 8.63. The van der Waals surface area contributed by atoms with Gasteiger partial charge in [0.1, 0.15) is 11.3 Å². The standard InChI is InChI=1S/C28H29NO/c1-17(2)22-8-10-23(11-9-22)27-16-25(24-15-18(3)7-12-26(24)30-27)29-28-20(5)13-19(4)14-21(28)6/h7-17H,1-6H3. The molecule has 0 fully saturated rings. The van der Waals surface area contributed by atoms with Crippen molar-refractivity contribution in [3.05, 3.63) is 93.8 Å². The Hall–Kier alpha value is -3.13. The zero-order valence-corrected chi connectivity index (χ0v) is 18.7. The van der Waals surface area contributed by atoms with Crippen LogP contribution in [0, 0.1) is 27.7 Å². The molecule has 2 nitrogen and oxygen atoms in total. The molecule has 0 radical (unpaired) electrons. The first-order chi connectivity index (χ1) is 14.3. The summed E-state index contributed by atoms with van der Waals surface area (Å²) in [6.45, 7) is 12.9. The van der Waals surface area contributed by atoms with Gasteiger partial charge in [-0.2, -0.15) is 0 Å². The van der Waals surface area contributed by atoms with Crippen LogP contribution in [0.25, 0.3) is 22.3 Å². The highest BCUT2D eigenvalue weighted by atomic mass is 16.3. The SMILES string of the molecule is Cc1cc(C)c(N=c2cc(-c3ccc(C(C)C)cc3)oc3ccc(C)cc23)c(C)c1. The van der Waals surface area contributed by atoms with Gasteiger partial charge in [-0.1, -0.05) is 67.4 Å². The van der Waals surface area contributed by atoms with Crippen molar-refractivity contribution in [3.8, 4) is 11.3 Å². The predicted octanol–water partition coefficient (Wildman–Crippen LogP) is 7.69. The molecule has 0 aliphatic carbocycles. The fraction of sp³-hybridized carbons (Fsp3) is 0.250. The molecule has 4 rings (SSSR count). The lowest BCUT2D eigenvalue weighted by Gasteiger charge is -2.10. The van der Waals surface area contributed by atoms with Gasteiger partial charge < -0.3 is 4.42 Å².